The monoisotopic (exact) mass is 104 g/mol. The van der Waals surface area contributed by atoms with Crippen molar-refractivity contribution in [2.24, 2.45) is 4.99 Å². The highest BCUT2D eigenvalue weighted by atomic mass is 16.5. The summed E-state index contributed by atoms with van der Waals surface area (Å²) in [6, 6.07) is 0. The third kappa shape index (κ3) is 5.39. The minimum absolute atomic E-state index is 0.750. The Morgan fingerprint density at radius 2 is 2.43 bits per heavy atom. The standard InChI is InChI=1S/C3H8N2O2/c1-3(6)4-2-5-7/h2-3,6-7H,1H3,(H,4,5). The molecule has 4 nitrogen and oxygen atoms in total. The van der Waals surface area contributed by atoms with Crippen LogP contribution in [0.5, 0.6) is 0 Å². The largest absolute Gasteiger partial charge is 0.372 e. The van der Waals surface area contributed by atoms with Crippen LogP contribution in [-0.2, 0) is 0 Å². The van der Waals surface area contributed by atoms with Crippen LogP contribution in [0.1, 0.15) is 6.92 Å². The van der Waals surface area contributed by atoms with Crippen LogP contribution in [0.15, 0.2) is 4.99 Å². The Kier molecular flexibility index (Phi) is 3.26. The molecule has 1 unspecified atom stereocenters. The molecule has 0 fully saturated rings. The summed E-state index contributed by atoms with van der Waals surface area (Å²) >= 11 is 0. The van der Waals surface area contributed by atoms with Gasteiger partial charge < -0.3 is 5.11 Å². The molecule has 4 heteroatoms. The summed E-state index contributed by atoms with van der Waals surface area (Å²) in [4.78, 5) is 3.31. The Morgan fingerprint density at radius 3 is 2.57 bits per heavy atom. The number of aliphatic hydroxyl groups is 1. The zero-order chi connectivity index (χ0) is 5.70. The number of hydroxylamine groups is 1. The van der Waals surface area contributed by atoms with E-state index in [9.17, 15) is 0 Å². The Labute approximate surface area is 41.5 Å². The number of hydrogen-bond acceptors (Lipinski definition) is 3. The van der Waals surface area contributed by atoms with Crippen molar-refractivity contribution in [1.82, 2.24) is 5.48 Å². The van der Waals surface area contributed by atoms with E-state index in [1.165, 1.54) is 6.92 Å². The third-order valence-corrected chi connectivity index (χ3v) is 0.348. The predicted molar refractivity (Wildman–Crippen MR) is 25.1 cm³/mol. The predicted octanol–water partition coefficient (Wildman–Crippen LogP) is -0.668. The topological polar surface area (TPSA) is 64.9 Å². The SMILES string of the molecule is CC(O)N=CNO. The molecule has 0 spiro atoms. The van der Waals surface area contributed by atoms with Gasteiger partial charge in [-0.2, -0.15) is 0 Å². The number of nitrogens with one attached hydrogen (secondary N) is 1. The van der Waals surface area contributed by atoms with Crippen LogP contribution in [0.2, 0.25) is 0 Å². The van der Waals surface area contributed by atoms with Gasteiger partial charge >= 0.3 is 0 Å². The van der Waals surface area contributed by atoms with E-state index in [0.717, 1.165) is 6.34 Å². The lowest BCUT2D eigenvalue weighted by Crippen LogP contribution is -2.05. The average Bonchev–Trinajstić information content (AvgIpc) is 1.61. The molecule has 3 N–H and O–H groups in total. The van der Waals surface area contributed by atoms with Gasteiger partial charge in [-0.1, -0.05) is 0 Å². The van der Waals surface area contributed by atoms with Crippen molar-refractivity contribution in [3.63, 3.8) is 0 Å². The lowest BCUT2D eigenvalue weighted by Gasteiger charge is -1.90. The molecule has 0 aliphatic rings. The van der Waals surface area contributed by atoms with Gasteiger partial charge in [0, 0.05) is 0 Å². The highest BCUT2D eigenvalue weighted by Gasteiger charge is 1.80. The Bertz CT molecular complexity index is 62.0. The molecule has 0 saturated carbocycles. The van der Waals surface area contributed by atoms with Crippen molar-refractivity contribution >= 4 is 6.34 Å². The maximum absolute atomic E-state index is 8.33. The Hall–Kier alpha value is -0.610. The van der Waals surface area contributed by atoms with Crippen molar-refractivity contribution in [2.75, 3.05) is 0 Å². The van der Waals surface area contributed by atoms with E-state index >= 15 is 0 Å². The number of hydrogen-bond donors (Lipinski definition) is 3. The molecule has 1 atom stereocenters. The maximum atomic E-state index is 8.33. The van der Waals surface area contributed by atoms with Gasteiger partial charge in [-0.15, -0.1) is 0 Å². The van der Waals surface area contributed by atoms with Crippen molar-refractivity contribution in [1.29, 1.82) is 0 Å². The zero-order valence-corrected chi connectivity index (χ0v) is 4.00. The quantitative estimate of drug-likeness (QED) is 0.247. The highest BCUT2D eigenvalue weighted by Crippen LogP contribution is 1.74. The van der Waals surface area contributed by atoms with Crippen LogP contribution in [0.3, 0.4) is 0 Å². The molecule has 0 aliphatic carbocycles. The van der Waals surface area contributed by atoms with E-state index in [-0.39, 0.29) is 0 Å². The summed E-state index contributed by atoms with van der Waals surface area (Å²) in [5, 5.41) is 16.1. The summed E-state index contributed by atoms with van der Waals surface area (Å²) in [5.74, 6) is 0. The Morgan fingerprint density at radius 1 is 1.86 bits per heavy atom. The molecule has 0 heterocycles. The molecule has 0 saturated heterocycles. The summed E-state index contributed by atoms with van der Waals surface area (Å²) in [6.45, 7) is 1.48. The number of aliphatic hydroxyl groups excluding tert-OH is 1. The minimum Gasteiger partial charge on any atom is -0.372 e. The van der Waals surface area contributed by atoms with E-state index in [0.29, 0.717) is 0 Å². The second-order valence-corrected chi connectivity index (χ2v) is 1.04. The first-order valence-electron chi connectivity index (χ1n) is 1.86. The van der Waals surface area contributed by atoms with Crippen LogP contribution in [0, 0.1) is 0 Å². The first-order chi connectivity index (χ1) is 3.27. The van der Waals surface area contributed by atoms with Crippen molar-refractivity contribution < 1.29 is 10.3 Å². The van der Waals surface area contributed by atoms with Gasteiger partial charge in [0.15, 0.2) is 0 Å². The van der Waals surface area contributed by atoms with Crippen LogP contribution >= 0.6 is 0 Å². The summed E-state index contributed by atoms with van der Waals surface area (Å²) < 4.78 is 0. The maximum Gasteiger partial charge on any atom is 0.144 e. The van der Waals surface area contributed by atoms with Gasteiger partial charge in [-0.25, -0.2) is 4.99 Å². The van der Waals surface area contributed by atoms with Crippen molar-refractivity contribution in [2.45, 2.75) is 13.2 Å². The molecular formula is C3H8N2O2. The zero-order valence-electron chi connectivity index (χ0n) is 4.00. The van der Waals surface area contributed by atoms with E-state index in [4.69, 9.17) is 10.3 Å². The molecule has 0 bridgehead atoms. The lowest BCUT2D eigenvalue weighted by atomic mass is 10.7. The second kappa shape index (κ2) is 3.58. The van der Waals surface area contributed by atoms with Gasteiger partial charge in [-0.3, -0.25) is 10.7 Å². The fourth-order valence-electron chi connectivity index (χ4n) is 0.141. The van der Waals surface area contributed by atoms with Gasteiger partial charge in [-0.05, 0) is 6.92 Å². The molecule has 0 aromatic heterocycles. The van der Waals surface area contributed by atoms with Gasteiger partial charge in [0.2, 0.25) is 0 Å². The molecule has 0 rings (SSSR count). The van der Waals surface area contributed by atoms with Crippen LogP contribution in [0.4, 0.5) is 0 Å². The van der Waals surface area contributed by atoms with Crippen LogP contribution < -0.4 is 5.48 Å². The summed E-state index contributed by atoms with van der Waals surface area (Å²) in [7, 11) is 0. The van der Waals surface area contributed by atoms with E-state index < -0.39 is 6.23 Å². The van der Waals surface area contributed by atoms with Crippen molar-refractivity contribution in [3.05, 3.63) is 0 Å². The number of rotatable bonds is 2. The average molecular weight is 104 g/mol. The number of aliphatic imine (C=N–C) groups is 1. The molecule has 0 amide bonds. The molecule has 0 radical (unpaired) electrons. The molecule has 0 aromatic carbocycles. The molecule has 0 aliphatic heterocycles. The second-order valence-electron chi connectivity index (χ2n) is 1.04. The fourth-order valence-corrected chi connectivity index (χ4v) is 0.141. The molecule has 42 valence electrons. The van der Waals surface area contributed by atoms with Crippen LogP contribution in [-0.4, -0.2) is 22.9 Å². The van der Waals surface area contributed by atoms with Crippen molar-refractivity contribution in [3.8, 4) is 0 Å². The molecular weight excluding hydrogens is 96.0 g/mol. The first kappa shape index (κ1) is 6.39. The minimum atomic E-state index is -0.750. The Balaban J connectivity index is 3.08. The lowest BCUT2D eigenvalue weighted by molar-refractivity contribution is 0.199. The van der Waals surface area contributed by atoms with E-state index in [1.807, 2.05) is 0 Å². The molecule has 7 heavy (non-hydrogen) atoms. The first-order valence-corrected chi connectivity index (χ1v) is 1.86. The van der Waals surface area contributed by atoms with E-state index in [1.54, 1.807) is 5.48 Å². The smallest absolute Gasteiger partial charge is 0.144 e. The van der Waals surface area contributed by atoms with Gasteiger partial charge in [0.1, 0.15) is 12.6 Å². The normalized spacial score (nSPS) is 14.7. The number of nitrogens with zero attached hydrogens (tertiary/aromatic N) is 1. The summed E-state index contributed by atoms with van der Waals surface area (Å²) in [6.07, 6.45) is 0.254. The van der Waals surface area contributed by atoms with E-state index in [2.05, 4.69) is 4.99 Å². The summed E-state index contributed by atoms with van der Waals surface area (Å²) in [5.41, 5.74) is 1.65. The van der Waals surface area contributed by atoms with Crippen LogP contribution in [0.25, 0.3) is 0 Å². The molecule has 0 aromatic rings. The van der Waals surface area contributed by atoms with Gasteiger partial charge in [0.25, 0.3) is 0 Å². The highest BCUT2D eigenvalue weighted by molar-refractivity contribution is 5.52. The fraction of sp³-hybridized carbons (Fsp3) is 0.667. The third-order valence-electron chi connectivity index (χ3n) is 0.348. The van der Waals surface area contributed by atoms with Gasteiger partial charge in [0.05, 0.1) is 0 Å².